The molecule has 6 nitrogen and oxygen atoms in total. The summed E-state index contributed by atoms with van der Waals surface area (Å²) in [6.07, 6.45) is 4.57. The monoisotopic (exact) mass is 490 g/mol. The Balaban J connectivity index is 1.29. The molecule has 4 aromatic rings. The fraction of sp³-hybridized carbons (Fsp3) is 0.308. The molecule has 1 saturated carbocycles. The van der Waals surface area contributed by atoms with Gasteiger partial charge in [0.05, 0.1) is 23.0 Å². The summed E-state index contributed by atoms with van der Waals surface area (Å²) in [5.74, 6) is 0.525. The highest BCUT2D eigenvalue weighted by Crippen LogP contribution is 2.33. The van der Waals surface area contributed by atoms with Crippen LogP contribution < -0.4 is 10.9 Å². The summed E-state index contributed by atoms with van der Waals surface area (Å²) < 4.78 is 1.91. The third kappa shape index (κ3) is 5.08. The third-order valence-electron chi connectivity index (χ3n) is 6.06. The fourth-order valence-corrected chi connectivity index (χ4v) is 6.18. The first-order valence-electron chi connectivity index (χ1n) is 11.5. The number of carbonyl (C=O) groups is 1. The summed E-state index contributed by atoms with van der Waals surface area (Å²) in [5, 5.41) is 7.11. The molecule has 0 atom stereocenters. The Hall–Kier alpha value is -2.97. The van der Waals surface area contributed by atoms with Gasteiger partial charge in [-0.3, -0.25) is 14.2 Å². The van der Waals surface area contributed by atoms with Gasteiger partial charge in [0.15, 0.2) is 5.16 Å². The van der Waals surface area contributed by atoms with Crippen molar-refractivity contribution < 1.29 is 4.79 Å². The third-order valence-corrected chi connectivity index (χ3v) is 7.94. The molecule has 2 aromatic heterocycles. The summed E-state index contributed by atoms with van der Waals surface area (Å²) in [6.45, 7) is 2.02. The summed E-state index contributed by atoms with van der Waals surface area (Å²) >= 11 is 3.03. The number of thiazole rings is 1. The SMILES string of the molecule is Cc1ccc(NC(=O)Cc2nc(CSc3nc4ccccc4c(=O)n3C3CCCC3)cs2)cc1. The molecule has 0 saturated heterocycles. The molecule has 1 aliphatic rings. The standard InChI is InChI=1S/C26H26N4O2S2/c1-17-10-12-18(13-11-17)27-23(31)14-24-28-19(15-33-24)16-34-26-29-22-9-5-4-8-21(22)25(32)30(26)20-6-2-3-7-20/h4-5,8-13,15,20H,2-3,6-7,14,16H2,1H3,(H,27,31). The molecule has 2 aromatic carbocycles. The van der Waals surface area contributed by atoms with Gasteiger partial charge < -0.3 is 5.32 Å². The van der Waals surface area contributed by atoms with Gasteiger partial charge in [-0.25, -0.2) is 9.97 Å². The van der Waals surface area contributed by atoms with Crippen LogP contribution in [-0.4, -0.2) is 20.4 Å². The van der Waals surface area contributed by atoms with E-state index in [0.29, 0.717) is 11.1 Å². The molecule has 0 bridgehead atoms. The van der Waals surface area contributed by atoms with Crippen LogP contribution in [0.2, 0.25) is 0 Å². The van der Waals surface area contributed by atoms with Crippen molar-refractivity contribution in [2.75, 3.05) is 5.32 Å². The topological polar surface area (TPSA) is 76.9 Å². The first-order chi connectivity index (χ1) is 16.6. The second-order valence-electron chi connectivity index (χ2n) is 8.64. The van der Waals surface area contributed by atoms with E-state index in [4.69, 9.17) is 4.98 Å². The Morgan fingerprint density at radius 1 is 1.12 bits per heavy atom. The lowest BCUT2D eigenvalue weighted by atomic mass is 10.2. The molecule has 2 heterocycles. The molecular weight excluding hydrogens is 464 g/mol. The average molecular weight is 491 g/mol. The second-order valence-corrected chi connectivity index (χ2v) is 10.5. The van der Waals surface area contributed by atoms with E-state index in [2.05, 4.69) is 10.3 Å². The van der Waals surface area contributed by atoms with Crippen LogP contribution in [0.25, 0.3) is 10.9 Å². The van der Waals surface area contributed by atoms with Crippen LogP contribution in [0.5, 0.6) is 0 Å². The molecule has 0 unspecified atom stereocenters. The maximum atomic E-state index is 13.3. The first-order valence-corrected chi connectivity index (χ1v) is 13.4. The van der Waals surface area contributed by atoms with Gasteiger partial charge in [0, 0.05) is 22.9 Å². The molecule has 0 radical (unpaired) electrons. The molecule has 174 valence electrons. The Labute approximate surface area is 206 Å². The van der Waals surface area contributed by atoms with Crippen molar-refractivity contribution in [1.82, 2.24) is 14.5 Å². The largest absolute Gasteiger partial charge is 0.326 e. The zero-order valence-electron chi connectivity index (χ0n) is 19.0. The van der Waals surface area contributed by atoms with Crippen LogP contribution in [0.4, 0.5) is 5.69 Å². The number of nitrogens with one attached hydrogen (secondary N) is 1. The van der Waals surface area contributed by atoms with Crippen molar-refractivity contribution in [1.29, 1.82) is 0 Å². The maximum Gasteiger partial charge on any atom is 0.262 e. The number of fused-ring (bicyclic) bond motifs is 1. The number of amides is 1. The molecule has 0 spiro atoms. The van der Waals surface area contributed by atoms with Gasteiger partial charge in [0.25, 0.3) is 5.56 Å². The second kappa shape index (κ2) is 10.1. The summed E-state index contributed by atoms with van der Waals surface area (Å²) in [7, 11) is 0. The quantitative estimate of drug-likeness (QED) is 0.264. The van der Waals surface area contributed by atoms with Crippen molar-refractivity contribution in [2.45, 2.75) is 56.0 Å². The van der Waals surface area contributed by atoms with E-state index < -0.39 is 0 Å². The van der Waals surface area contributed by atoms with Crippen LogP contribution in [0.1, 0.15) is 48.0 Å². The maximum absolute atomic E-state index is 13.3. The van der Waals surface area contributed by atoms with Crippen LogP contribution >= 0.6 is 23.1 Å². The predicted octanol–water partition coefficient (Wildman–Crippen LogP) is 5.75. The number of benzene rings is 2. The molecule has 0 aliphatic heterocycles. The number of rotatable bonds is 7. The van der Waals surface area contributed by atoms with Gasteiger partial charge in [0.1, 0.15) is 5.01 Å². The number of nitrogens with zero attached hydrogens (tertiary/aromatic N) is 3. The molecule has 8 heteroatoms. The molecule has 34 heavy (non-hydrogen) atoms. The summed E-state index contributed by atoms with van der Waals surface area (Å²) in [6, 6.07) is 15.5. The summed E-state index contributed by atoms with van der Waals surface area (Å²) in [4.78, 5) is 35.2. The van der Waals surface area contributed by atoms with Crippen molar-refractivity contribution in [2.24, 2.45) is 0 Å². The zero-order chi connectivity index (χ0) is 23.5. The molecule has 1 amide bonds. The number of aromatic nitrogens is 3. The highest BCUT2D eigenvalue weighted by Gasteiger charge is 2.23. The van der Waals surface area contributed by atoms with Crippen molar-refractivity contribution >= 4 is 45.6 Å². The van der Waals surface area contributed by atoms with Gasteiger partial charge in [-0.15, -0.1) is 11.3 Å². The van der Waals surface area contributed by atoms with Crippen molar-refractivity contribution in [3.8, 4) is 0 Å². The predicted molar refractivity (Wildman–Crippen MR) is 139 cm³/mol. The highest BCUT2D eigenvalue weighted by molar-refractivity contribution is 7.98. The van der Waals surface area contributed by atoms with E-state index in [1.54, 1.807) is 11.8 Å². The average Bonchev–Trinajstić information content (AvgIpc) is 3.52. The number of hydrogen-bond donors (Lipinski definition) is 1. The normalized spacial score (nSPS) is 14.0. The Bertz CT molecular complexity index is 1370. The lowest BCUT2D eigenvalue weighted by molar-refractivity contribution is -0.115. The van der Waals surface area contributed by atoms with E-state index in [9.17, 15) is 9.59 Å². The van der Waals surface area contributed by atoms with Gasteiger partial charge in [0.2, 0.25) is 5.91 Å². The summed E-state index contributed by atoms with van der Waals surface area (Å²) in [5.41, 5.74) is 3.62. The van der Waals surface area contributed by atoms with E-state index in [1.807, 2.05) is 65.4 Å². The number of para-hydroxylation sites is 1. The number of aryl methyl sites for hydroxylation is 1. The van der Waals surface area contributed by atoms with Crippen LogP contribution in [0.3, 0.4) is 0 Å². The minimum absolute atomic E-state index is 0.0479. The minimum Gasteiger partial charge on any atom is -0.326 e. The van der Waals surface area contributed by atoms with Crippen LogP contribution in [0, 0.1) is 6.92 Å². The zero-order valence-corrected chi connectivity index (χ0v) is 20.6. The Kier molecular flexibility index (Phi) is 6.78. The van der Waals surface area contributed by atoms with Gasteiger partial charge in [-0.1, -0.05) is 54.4 Å². The van der Waals surface area contributed by atoms with Gasteiger partial charge in [-0.2, -0.15) is 0 Å². The molecule has 1 N–H and O–H groups in total. The number of hydrogen-bond acceptors (Lipinski definition) is 6. The lowest BCUT2D eigenvalue weighted by Crippen LogP contribution is -2.26. The fourth-order valence-electron chi connectivity index (χ4n) is 4.33. The Morgan fingerprint density at radius 3 is 2.68 bits per heavy atom. The number of anilines is 1. The van der Waals surface area contributed by atoms with Crippen molar-refractivity contribution in [3.63, 3.8) is 0 Å². The van der Waals surface area contributed by atoms with Gasteiger partial charge in [-0.05, 0) is 44.0 Å². The van der Waals surface area contributed by atoms with Crippen molar-refractivity contribution in [3.05, 3.63) is 80.5 Å². The molecule has 1 aliphatic carbocycles. The van der Waals surface area contributed by atoms with Crippen LogP contribution in [0.15, 0.2) is 63.9 Å². The van der Waals surface area contributed by atoms with E-state index in [-0.39, 0.29) is 23.9 Å². The van der Waals surface area contributed by atoms with E-state index in [1.165, 1.54) is 11.3 Å². The van der Waals surface area contributed by atoms with E-state index >= 15 is 0 Å². The number of carbonyl (C=O) groups excluding carboxylic acids is 1. The smallest absolute Gasteiger partial charge is 0.262 e. The molecule has 5 rings (SSSR count). The molecule has 1 fully saturated rings. The highest BCUT2D eigenvalue weighted by atomic mass is 32.2. The van der Waals surface area contributed by atoms with E-state index in [0.717, 1.165) is 58.3 Å². The first kappa shape index (κ1) is 22.8. The number of thioether (sulfide) groups is 1. The Morgan fingerprint density at radius 2 is 1.88 bits per heavy atom. The lowest BCUT2D eigenvalue weighted by Gasteiger charge is -2.18. The molecular formula is C26H26N4O2S2. The van der Waals surface area contributed by atoms with Crippen LogP contribution in [-0.2, 0) is 17.0 Å². The van der Waals surface area contributed by atoms with Gasteiger partial charge >= 0.3 is 0 Å². The minimum atomic E-state index is -0.0799.